The molecule has 2 aromatic carbocycles. The van der Waals surface area contributed by atoms with Crippen LogP contribution >= 0.6 is 0 Å². The lowest BCUT2D eigenvalue weighted by Gasteiger charge is -2.14. The SMILES string of the molecule is CN(C)CC(=O)Cc1cc(Cn2c(C(=O)O)c(C3=CC=CCC3=O)c3c4c(c(F)cc32)CCO4)c2ccccc2n1. The summed E-state index contributed by atoms with van der Waals surface area (Å²) in [4.78, 5) is 45.1. The number of allylic oxidation sites excluding steroid dienone is 4. The van der Waals surface area contributed by atoms with Crippen LogP contribution in [0.5, 0.6) is 5.75 Å². The van der Waals surface area contributed by atoms with E-state index in [1.54, 1.807) is 29.2 Å². The molecule has 0 fully saturated rings. The lowest BCUT2D eigenvalue weighted by Crippen LogP contribution is -2.23. The van der Waals surface area contributed by atoms with E-state index >= 15 is 4.39 Å². The molecule has 9 heteroatoms. The molecule has 0 atom stereocenters. The average molecular weight is 554 g/mol. The van der Waals surface area contributed by atoms with Gasteiger partial charge in [0, 0.05) is 47.2 Å². The van der Waals surface area contributed by atoms with Crippen molar-refractivity contribution in [1.82, 2.24) is 14.5 Å². The van der Waals surface area contributed by atoms with Crippen LogP contribution in [-0.2, 0) is 29.0 Å². The number of carbonyl (C=O) groups excluding carboxylic acids is 2. The number of fused-ring (bicyclic) bond motifs is 4. The van der Waals surface area contributed by atoms with E-state index in [0.29, 0.717) is 34.1 Å². The molecule has 1 N–H and O–H groups in total. The quantitative estimate of drug-likeness (QED) is 0.340. The predicted octanol–water partition coefficient (Wildman–Crippen LogP) is 4.60. The van der Waals surface area contributed by atoms with E-state index in [4.69, 9.17) is 4.74 Å². The molecular formula is C32H28FN3O5. The van der Waals surface area contributed by atoms with Crippen LogP contribution in [0.1, 0.15) is 39.3 Å². The summed E-state index contributed by atoms with van der Waals surface area (Å²) < 4.78 is 22.8. The third-order valence-corrected chi connectivity index (χ3v) is 7.48. The largest absolute Gasteiger partial charge is 0.492 e. The predicted molar refractivity (Wildman–Crippen MR) is 153 cm³/mol. The molecule has 4 aromatic rings. The number of para-hydroxylation sites is 1. The Balaban J connectivity index is 1.60. The van der Waals surface area contributed by atoms with Crippen molar-refractivity contribution in [3.05, 3.63) is 88.5 Å². The van der Waals surface area contributed by atoms with Gasteiger partial charge in [-0.2, -0.15) is 0 Å². The molecule has 1 aliphatic carbocycles. The van der Waals surface area contributed by atoms with Crippen LogP contribution < -0.4 is 4.74 Å². The van der Waals surface area contributed by atoms with E-state index < -0.39 is 11.8 Å². The fraction of sp³-hybridized carbons (Fsp3) is 0.250. The molecule has 2 aromatic heterocycles. The fourth-order valence-electron chi connectivity index (χ4n) is 5.86. The Bertz CT molecular complexity index is 1830. The van der Waals surface area contributed by atoms with Gasteiger partial charge < -0.3 is 19.3 Å². The number of likely N-dealkylation sites (N-methyl/N-ethyl adjacent to an activating group) is 1. The number of rotatable bonds is 8. The molecule has 208 valence electrons. The Morgan fingerprint density at radius 2 is 2.00 bits per heavy atom. The number of Topliss-reactive ketones (excluding diaryl/α,β-unsaturated/α-hetero) is 2. The fourth-order valence-corrected chi connectivity index (χ4v) is 5.86. The van der Waals surface area contributed by atoms with Crippen LogP contribution in [0.15, 0.2) is 54.6 Å². The highest BCUT2D eigenvalue weighted by Crippen LogP contribution is 2.44. The number of carboxylic acids is 1. The lowest BCUT2D eigenvalue weighted by atomic mass is 9.92. The highest BCUT2D eigenvalue weighted by atomic mass is 19.1. The van der Waals surface area contributed by atoms with Gasteiger partial charge >= 0.3 is 5.97 Å². The zero-order valence-corrected chi connectivity index (χ0v) is 22.7. The number of hydrogen-bond donors (Lipinski definition) is 1. The third kappa shape index (κ3) is 4.72. The molecule has 0 saturated carbocycles. The van der Waals surface area contributed by atoms with E-state index in [9.17, 15) is 19.5 Å². The molecule has 0 bridgehead atoms. The van der Waals surface area contributed by atoms with Gasteiger partial charge in [-0.3, -0.25) is 14.6 Å². The van der Waals surface area contributed by atoms with Gasteiger partial charge in [-0.25, -0.2) is 9.18 Å². The van der Waals surface area contributed by atoms with Gasteiger partial charge in [0.2, 0.25) is 0 Å². The van der Waals surface area contributed by atoms with Crippen molar-refractivity contribution in [3.63, 3.8) is 0 Å². The molecule has 41 heavy (non-hydrogen) atoms. The van der Waals surface area contributed by atoms with Gasteiger partial charge in [0.15, 0.2) is 11.6 Å². The van der Waals surface area contributed by atoms with Crippen molar-refractivity contribution in [1.29, 1.82) is 0 Å². The zero-order valence-electron chi connectivity index (χ0n) is 22.7. The number of aromatic carboxylic acids is 1. The highest BCUT2D eigenvalue weighted by molar-refractivity contribution is 6.28. The molecule has 0 spiro atoms. The minimum absolute atomic E-state index is 0.00533. The summed E-state index contributed by atoms with van der Waals surface area (Å²) in [6.07, 6.45) is 5.66. The smallest absolute Gasteiger partial charge is 0.353 e. The molecule has 8 nitrogen and oxygen atoms in total. The minimum Gasteiger partial charge on any atom is -0.492 e. The first-order chi connectivity index (χ1) is 19.7. The minimum atomic E-state index is -1.24. The van der Waals surface area contributed by atoms with Crippen molar-refractivity contribution in [2.75, 3.05) is 27.2 Å². The van der Waals surface area contributed by atoms with Gasteiger partial charge in [-0.15, -0.1) is 0 Å². The Morgan fingerprint density at radius 1 is 1.20 bits per heavy atom. The molecule has 0 radical (unpaired) electrons. The summed E-state index contributed by atoms with van der Waals surface area (Å²) in [6, 6.07) is 10.6. The van der Waals surface area contributed by atoms with E-state index in [1.165, 1.54) is 10.6 Å². The maximum atomic E-state index is 15.4. The first kappa shape index (κ1) is 26.6. The molecular weight excluding hydrogens is 525 g/mol. The number of aromatic nitrogens is 2. The zero-order chi connectivity index (χ0) is 28.8. The topological polar surface area (TPSA) is 102 Å². The van der Waals surface area contributed by atoms with Crippen LogP contribution in [-0.4, -0.2) is 64.3 Å². The van der Waals surface area contributed by atoms with Crippen molar-refractivity contribution < 1.29 is 28.6 Å². The van der Waals surface area contributed by atoms with Gasteiger partial charge in [0.25, 0.3) is 0 Å². The standard InChI is InChI=1S/C32H28FN3O5/c1-35(2)17-20(37)14-19-13-18(21-7-3-5-9-25(21)34-19)16-36-26-15-24(33)22-11-12-41-31(22)29(26)28(30(36)32(39)40)23-8-4-6-10-27(23)38/h3-9,13,15H,10-12,14,16-17H2,1-2H3,(H,39,40). The Labute approximate surface area is 235 Å². The third-order valence-electron chi connectivity index (χ3n) is 7.48. The number of halogens is 1. The number of nitrogens with zero attached hydrogens (tertiary/aromatic N) is 3. The monoisotopic (exact) mass is 553 g/mol. The van der Waals surface area contributed by atoms with Crippen LogP contribution in [0.25, 0.3) is 27.4 Å². The summed E-state index contributed by atoms with van der Waals surface area (Å²) in [6.45, 7) is 0.580. The van der Waals surface area contributed by atoms with E-state index in [1.807, 2.05) is 38.4 Å². The van der Waals surface area contributed by atoms with Gasteiger partial charge in [-0.05, 0) is 37.9 Å². The normalized spacial score (nSPS) is 14.5. The van der Waals surface area contributed by atoms with Crippen LogP contribution in [0, 0.1) is 5.82 Å². The van der Waals surface area contributed by atoms with E-state index in [-0.39, 0.29) is 66.7 Å². The second kappa shape index (κ2) is 10.4. The summed E-state index contributed by atoms with van der Waals surface area (Å²) in [5.41, 5.74) is 3.02. The second-order valence-electron chi connectivity index (χ2n) is 10.7. The number of carbonyl (C=O) groups is 3. The Hall–Kier alpha value is -4.63. The van der Waals surface area contributed by atoms with Crippen molar-refractivity contribution >= 4 is 44.9 Å². The lowest BCUT2D eigenvalue weighted by molar-refractivity contribution is -0.119. The number of ketones is 2. The number of ether oxygens (including phenoxy) is 1. The Kier molecular flexibility index (Phi) is 6.75. The number of benzene rings is 2. The first-order valence-electron chi connectivity index (χ1n) is 13.4. The van der Waals surface area contributed by atoms with E-state index in [2.05, 4.69) is 4.98 Å². The highest BCUT2D eigenvalue weighted by Gasteiger charge is 2.33. The maximum Gasteiger partial charge on any atom is 0.353 e. The van der Waals surface area contributed by atoms with Crippen LogP contribution in [0.2, 0.25) is 0 Å². The van der Waals surface area contributed by atoms with Crippen molar-refractivity contribution in [3.8, 4) is 5.75 Å². The molecule has 0 amide bonds. The molecule has 6 rings (SSSR count). The molecule has 0 saturated heterocycles. The Morgan fingerprint density at radius 3 is 2.76 bits per heavy atom. The summed E-state index contributed by atoms with van der Waals surface area (Å²) >= 11 is 0. The van der Waals surface area contributed by atoms with Crippen molar-refractivity contribution in [2.45, 2.75) is 25.8 Å². The molecule has 3 heterocycles. The average Bonchev–Trinajstić information content (AvgIpc) is 3.52. The summed E-state index contributed by atoms with van der Waals surface area (Å²) in [5, 5.41) is 11.8. The maximum absolute atomic E-state index is 15.4. The number of hydrogen-bond acceptors (Lipinski definition) is 6. The number of carboxylic acid groups (broad SMARTS) is 1. The van der Waals surface area contributed by atoms with Crippen LogP contribution in [0.3, 0.4) is 0 Å². The first-order valence-corrected chi connectivity index (χ1v) is 13.4. The van der Waals surface area contributed by atoms with Gasteiger partial charge in [0.1, 0.15) is 17.3 Å². The van der Waals surface area contributed by atoms with Gasteiger partial charge in [0.05, 0.1) is 36.0 Å². The summed E-state index contributed by atoms with van der Waals surface area (Å²) in [7, 11) is 3.64. The second-order valence-corrected chi connectivity index (χ2v) is 10.7. The molecule has 0 unspecified atom stereocenters. The molecule has 1 aliphatic heterocycles. The van der Waals surface area contributed by atoms with Crippen LogP contribution in [0.4, 0.5) is 4.39 Å². The summed E-state index contributed by atoms with van der Waals surface area (Å²) in [5.74, 6) is -1.67. The van der Waals surface area contributed by atoms with E-state index in [0.717, 1.165) is 10.9 Å². The number of pyridine rings is 1. The van der Waals surface area contributed by atoms with Crippen molar-refractivity contribution in [2.24, 2.45) is 0 Å². The molecule has 2 aliphatic rings. The van der Waals surface area contributed by atoms with Gasteiger partial charge in [-0.1, -0.05) is 36.4 Å².